The summed E-state index contributed by atoms with van der Waals surface area (Å²) in [6, 6.07) is 12.1. The van der Waals surface area contributed by atoms with E-state index >= 15 is 0 Å². The van der Waals surface area contributed by atoms with Crippen molar-refractivity contribution < 1.29 is 17.9 Å². The van der Waals surface area contributed by atoms with Crippen LogP contribution in [0.2, 0.25) is 0 Å². The Labute approximate surface area is 148 Å². The molecule has 128 valence electrons. The zero-order chi connectivity index (χ0) is 17.3. The van der Waals surface area contributed by atoms with E-state index in [2.05, 4.69) is 9.38 Å². The molecule has 8 heteroatoms. The first-order valence-corrected chi connectivity index (χ1v) is 9.93. The van der Waals surface area contributed by atoms with Crippen molar-refractivity contribution in [1.29, 1.82) is 0 Å². The van der Waals surface area contributed by atoms with E-state index in [0.29, 0.717) is 29.7 Å². The van der Waals surface area contributed by atoms with E-state index in [0.717, 1.165) is 16.6 Å². The zero-order valence-electron chi connectivity index (χ0n) is 13.1. The van der Waals surface area contributed by atoms with Crippen LogP contribution in [-0.2, 0) is 10.0 Å². The number of hydrogen-bond acceptors (Lipinski definition) is 6. The first kappa shape index (κ1) is 16.0. The number of nitrogens with zero attached hydrogens (tertiary/aromatic N) is 2. The summed E-state index contributed by atoms with van der Waals surface area (Å²) in [4.78, 5) is 4.42. The molecule has 3 aromatic rings. The van der Waals surface area contributed by atoms with E-state index < -0.39 is 10.0 Å². The molecule has 0 radical (unpaired) electrons. The van der Waals surface area contributed by atoms with Crippen molar-refractivity contribution in [2.24, 2.45) is 4.40 Å². The molecule has 1 aliphatic rings. The van der Waals surface area contributed by atoms with E-state index in [1.165, 1.54) is 29.7 Å². The molecule has 0 amide bonds. The maximum absolute atomic E-state index is 12.5. The average molecular weight is 374 g/mol. The Morgan fingerprint density at radius 1 is 1.08 bits per heavy atom. The smallest absolute Gasteiger partial charge is 0.282 e. The highest BCUT2D eigenvalue weighted by Crippen LogP contribution is 2.32. The van der Waals surface area contributed by atoms with Crippen LogP contribution < -0.4 is 9.47 Å². The van der Waals surface area contributed by atoms with Gasteiger partial charge in [0.2, 0.25) is 0 Å². The standard InChI is InChI=1S/C17H14N2O4S2/c20-25(21,12-6-7-14-15(10-12)23-9-3-8-22-14)18-11-17-19-13-4-1-2-5-16(13)24-17/h1-2,4-7,10-11H,3,8-9H2/b18-11+. The van der Waals surface area contributed by atoms with Gasteiger partial charge in [-0.25, -0.2) is 4.98 Å². The van der Waals surface area contributed by atoms with Gasteiger partial charge in [0.15, 0.2) is 11.5 Å². The van der Waals surface area contributed by atoms with Crippen LogP contribution in [0.3, 0.4) is 0 Å². The number of para-hydroxylation sites is 1. The first-order chi connectivity index (χ1) is 12.1. The number of hydrogen-bond donors (Lipinski definition) is 0. The van der Waals surface area contributed by atoms with Gasteiger partial charge >= 0.3 is 0 Å². The normalized spacial score (nSPS) is 14.7. The third-order valence-corrected chi connectivity index (χ3v) is 5.83. The van der Waals surface area contributed by atoms with Crippen LogP contribution in [0.15, 0.2) is 51.8 Å². The molecule has 2 heterocycles. The monoisotopic (exact) mass is 374 g/mol. The van der Waals surface area contributed by atoms with E-state index in [-0.39, 0.29) is 4.90 Å². The maximum Gasteiger partial charge on any atom is 0.282 e. The van der Waals surface area contributed by atoms with Gasteiger partial charge in [-0.1, -0.05) is 12.1 Å². The molecule has 1 aliphatic heterocycles. The third kappa shape index (κ3) is 3.35. The molecular formula is C17H14N2O4S2. The second-order valence-corrected chi connectivity index (χ2v) is 8.08. The van der Waals surface area contributed by atoms with Crippen LogP contribution in [-0.4, -0.2) is 32.8 Å². The van der Waals surface area contributed by atoms with Gasteiger partial charge in [-0.05, 0) is 24.3 Å². The van der Waals surface area contributed by atoms with Crippen molar-refractivity contribution in [2.75, 3.05) is 13.2 Å². The summed E-state index contributed by atoms with van der Waals surface area (Å²) in [6.45, 7) is 1.04. The summed E-state index contributed by atoms with van der Waals surface area (Å²) in [5, 5.41) is 0.541. The van der Waals surface area contributed by atoms with Crippen molar-refractivity contribution in [3.8, 4) is 11.5 Å². The predicted molar refractivity (Wildman–Crippen MR) is 96.4 cm³/mol. The highest BCUT2D eigenvalue weighted by atomic mass is 32.2. The second kappa shape index (κ2) is 6.45. The van der Waals surface area contributed by atoms with Gasteiger partial charge in [0.25, 0.3) is 10.0 Å². The molecule has 0 N–H and O–H groups in total. The minimum atomic E-state index is -3.84. The van der Waals surface area contributed by atoms with Crippen molar-refractivity contribution in [2.45, 2.75) is 11.3 Å². The Morgan fingerprint density at radius 3 is 2.72 bits per heavy atom. The largest absolute Gasteiger partial charge is 0.490 e. The Balaban J connectivity index is 1.64. The molecule has 0 saturated heterocycles. The molecule has 0 aliphatic carbocycles. The van der Waals surface area contributed by atoms with Crippen LogP contribution >= 0.6 is 11.3 Å². The summed E-state index contributed by atoms with van der Waals surface area (Å²) in [6.07, 6.45) is 2.04. The maximum atomic E-state index is 12.5. The Bertz CT molecular complexity index is 1020. The Kier molecular flexibility index (Phi) is 4.14. The predicted octanol–water partition coefficient (Wildman–Crippen LogP) is 3.27. The third-order valence-electron chi connectivity index (χ3n) is 3.63. The minimum Gasteiger partial charge on any atom is -0.490 e. The average Bonchev–Trinajstić information content (AvgIpc) is 2.89. The summed E-state index contributed by atoms with van der Waals surface area (Å²) < 4.78 is 40.7. The van der Waals surface area contributed by atoms with Gasteiger partial charge < -0.3 is 9.47 Å². The quantitative estimate of drug-likeness (QED) is 0.658. The van der Waals surface area contributed by atoms with E-state index in [1.54, 1.807) is 6.07 Å². The lowest BCUT2D eigenvalue weighted by Gasteiger charge is -2.08. The summed E-state index contributed by atoms with van der Waals surface area (Å²) in [5.41, 5.74) is 0.821. The minimum absolute atomic E-state index is 0.0640. The number of sulfonamides is 1. The zero-order valence-corrected chi connectivity index (χ0v) is 14.7. The first-order valence-electron chi connectivity index (χ1n) is 7.67. The molecule has 0 spiro atoms. The number of benzene rings is 2. The second-order valence-electron chi connectivity index (χ2n) is 5.39. The fourth-order valence-electron chi connectivity index (χ4n) is 2.42. The molecule has 1 aromatic heterocycles. The highest BCUT2D eigenvalue weighted by Gasteiger charge is 2.18. The van der Waals surface area contributed by atoms with Crippen molar-refractivity contribution in [3.05, 3.63) is 47.5 Å². The molecule has 6 nitrogen and oxygen atoms in total. The topological polar surface area (TPSA) is 77.9 Å². The van der Waals surface area contributed by atoms with Gasteiger partial charge in [-0.2, -0.15) is 12.8 Å². The van der Waals surface area contributed by atoms with Gasteiger partial charge in [-0.3, -0.25) is 0 Å². The highest BCUT2D eigenvalue weighted by molar-refractivity contribution is 7.90. The molecule has 4 rings (SSSR count). The van der Waals surface area contributed by atoms with Gasteiger partial charge in [0.05, 0.1) is 34.5 Å². The van der Waals surface area contributed by atoms with E-state index in [1.807, 2.05) is 24.3 Å². The van der Waals surface area contributed by atoms with Crippen LogP contribution in [0.4, 0.5) is 0 Å². The lowest BCUT2D eigenvalue weighted by atomic mass is 10.3. The van der Waals surface area contributed by atoms with Gasteiger partial charge in [0, 0.05) is 12.5 Å². The van der Waals surface area contributed by atoms with Gasteiger partial charge in [0.1, 0.15) is 5.01 Å². The van der Waals surface area contributed by atoms with Crippen molar-refractivity contribution in [1.82, 2.24) is 4.98 Å². The molecular weight excluding hydrogens is 360 g/mol. The Morgan fingerprint density at radius 2 is 1.88 bits per heavy atom. The fraction of sp³-hybridized carbons (Fsp3) is 0.176. The van der Waals surface area contributed by atoms with E-state index in [9.17, 15) is 8.42 Å². The summed E-state index contributed by atoms with van der Waals surface area (Å²) in [5.74, 6) is 0.973. The van der Waals surface area contributed by atoms with Gasteiger partial charge in [-0.15, -0.1) is 11.3 Å². The Hall–Kier alpha value is -2.45. The lowest BCUT2D eigenvalue weighted by Crippen LogP contribution is -2.00. The van der Waals surface area contributed by atoms with Crippen molar-refractivity contribution >= 4 is 37.8 Å². The summed E-state index contributed by atoms with van der Waals surface area (Å²) in [7, 11) is -3.84. The molecule has 0 bridgehead atoms. The number of fused-ring (bicyclic) bond motifs is 2. The molecule has 0 fully saturated rings. The summed E-state index contributed by atoms with van der Waals surface area (Å²) >= 11 is 1.39. The molecule has 0 saturated carbocycles. The molecule has 0 unspecified atom stereocenters. The molecule has 25 heavy (non-hydrogen) atoms. The fourth-order valence-corrected chi connectivity index (χ4v) is 4.19. The number of ether oxygens (including phenoxy) is 2. The molecule has 2 aromatic carbocycles. The van der Waals surface area contributed by atoms with Crippen LogP contribution in [0, 0.1) is 0 Å². The SMILES string of the molecule is O=S(=O)(/N=C/c1nc2ccccc2s1)c1ccc2c(c1)OCCCO2. The van der Waals surface area contributed by atoms with Crippen LogP contribution in [0.1, 0.15) is 11.4 Å². The molecule has 0 atom stereocenters. The van der Waals surface area contributed by atoms with E-state index in [4.69, 9.17) is 9.47 Å². The number of rotatable bonds is 3. The number of thiazole rings is 1. The number of aromatic nitrogens is 1. The van der Waals surface area contributed by atoms with Crippen LogP contribution in [0.5, 0.6) is 11.5 Å². The van der Waals surface area contributed by atoms with Crippen molar-refractivity contribution in [3.63, 3.8) is 0 Å². The lowest BCUT2D eigenvalue weighted by molar-refractivity contribution is 0.297. The van der Waals surface area contributed by atoms with Crippen LogP contribution in [0.25, 0.3) is 10.2 Å².